The maximum Gasteiger partial charge on any atom is 0.121 e. The van der Waals surface area contributed by atoms with E-state index in [1.165, 1.54) is 0 Å². The van der Waals surface area contributed by atoms with Gasteiger partial charge >= 0.3 is 0 Å². The predicted molar refractivity (Wildman–Crippen MR) is 42.5 cm³/mol. The molecule has 1 unspecified atom stereocenters. The Bertz CT molecular complexity index is 249. The van der Waals surface area contributed by atoms with Crippen LogP contribution in [0.5, 0.6) is 0 Å². The number of rotatable bonds is 1. The number of hydrogen-bond acceptors (Lipinski definition) is 3. The summed E-state index contributed by atoms with van der Waals surface area (Å²) in [6.45, 7) is 0. The highest BCUT2D eigenvalue weighted by Gasteiger charge is 2.09. The Morgan fingerprint density at radius 3 is 3.10 bits per heavy atom. The molecule has 0 amide bonds. The Balaban J connectivity index is 2.29. The quantitative estimate of drug-likeness (QED) is 0.599. The molecule has 2 heterocycles. The monoisotopic (exact) mass is 150 g/mol. The molecule has 0 N–H and O–H groups in total. The second-order valence-electron chi connectivity index (χ2n) is 2.00. The Hall–Kier alpha value is -0.960. The second kappa shape index (κ2) is 2.34. The van der Waals surface area contributed by atoms with Crippen molar-refractivity contribution in [3.05, 3.63) is 28.7 Å². The summed E-state index contributed by atoms with van der Waals surface area (Å²) in [7, 11) is 0. The predicted octanol–water partition coefficient (Wildman–Crippen LogP) is 1.82. The van der Waals surface area contributed by atoms with E-state index in [2.05, 4.69) is 9.98 Å². The minimum Gasteiger partial charge on any atom is -0.278 e. The Labute approximate surface area is 63.0 Å². The first-order valence-corrected chi connectivity index (χ1v) is 3.94. The van der Waals surface area contributed by atoms with Crippen LogP contribution < -0.4 is 0 Å². The highest BCUT2D eigenvalue weighted by atomic mass is 32.1. The molecule has 0 saturated heterocycles. The maximum atomic E-state index is 4.19. The van der Waals surface area contributed by atoms with E-state index >= 15 is 0 Å². The van der Waals surface area contributed by atoms with Gasteiger partial charge in [0.05, 0.1) is 0 Å². The van der Waals surface area contributed by atoms with Gasteiger partial charge in [0.15, 0.2) is 0 Å². The minimum absolute atomic E-state index is 0.194. The van der Waals surface area contributed by atoms with Gasteiger partial charge in [0.2, 0.25) is 0 Å². The van der Waals surface area contributed by atoms with Crippen molar-refractivity contribution in [2.45, 2.75) is 6.04 Å². The van der Waals surface area contributed by atoms with Gasteiger partial charge in [-0.2, -0.15) is 0 Å². The summed E-state index contributed by atoms with van der Waals surface area (Å²) >= 11 is 1.64. The van der Waals surface area contributed by atoms with Crippen molar-refractivity contribution in [3.8, 4) is 0 Å². The normalized spacial score (nSPS) is 22.2. The molecule has 2 rings (SSSR count). The van der Waals surface area contributed by atoms with E-state index in [1.54, 1.807) is 11.3 Å². The average Bonchev–Trinajstić information content (AvgIpc) is 2.59. The van der Waals surface area contributed by atoms with Gasteiger partial charge in [0.1, 0.15) is 11.0 Å². The van der Waals surface area contributed by atoms with Crippen LogP contribution in [0, 0.1) is 0 Å². The van der Waals surface area contributed by atoms with Crippen LogP contribution in [0.1, 0.15) is 11.0 Å². The largest absolute Gasteiger partial charge is 0.278 e. The van der Waals surface area contributed by atoms with Crippen LogP contribution in [0.3, 0.4) is 0 Å². The Morgan fingerprint density at radius 2 is 2.50 bits per heavy atom. The maximum absolute atomic E-state index is 4.19. The molecule has 1 aliphatic rings. The van der Waals surface area contributed by atoms with Crippen LogP contribution in [0.4, 0.5) is 0 Å². The third kappa shape index (κ3) is 0.885. The fourth-order valence-electron chi connectivity index (χ4n) is 0.874. The van der Waals surface area contributed by atoms with E-state index in [0.29, 0.717) is 0 Å². The second-order valence-corrected chi connectivity index (χ2v) is 2.92. The van der Waals surface area contributed by atoms with Crippen LogP contribution in [0.2, 0.25) is 0 Å². The van der Waals surface area contributed by atoms with E-state index in [-0.39, 0.29) is 6.04 Å². The van der Waals surface area contributed by atoms with Gasteiger partial charge in [-0.25, -0.2) is 4.98 Å². The summed E-state index contributed by atoms with van der Waals surface area (Å²) in [5, 5.41) is 3.04. The van der Waals surface area contributed by atoms with E-state index < -0.39 is 0 Å². The number of hydrogen-bond donors (Lipinski definition) is 0. The minimum atomic E-state index is 0.194. The van der Waals surface area contributed by atoms with Crippen LogP contribution in [-0.2, 0) is 0 Å². The molecule has 0 saturated carbocycles. The highest BCUT2D eigenvalue weighted by molar-refractivity contribution is 7.09. The van der Waals surface area contributed by atoms with Crippen molar-refractivity contribution in [3.63, 3.8) is 0 Å². The molecular formula is C7H6N2S. The first-order valence-electron chi connectivity index (χ1n) is 3.06. The van der Waals surface area contributed by atoms with Crippen molar-refractivity contribution < 1.29 is 0 Å². The number of allylic oxidation sites excluding steroid dienone is 1. The van der Waals surface area contributed by atoms with Crippen molar-refractivity contribution >= 4 is 17.6 Å². The van der Waals surface area contributed by atoms with Gasteiger partial charge < -0.3 is 0 Å². The van der Waals surface area contributed by atoms with Crippen LogP contribution in [-0.4, -0.2) is 11.2 Å². The summed E-state index contributed by atoms with van der Waals surface area (Å²) in [5.41, 5.74) is 0. The third-order valence-corrected chi connectivity index (χ3v) is 2.18. The molecule has 0 aromatic carbocycles. The molecule has 3 heteroatoms. The first-order chi connectivity index (χ1) is 4.97. The molecule has 0 fully saturated rings. The molecule has 50 valence electrons. The van der Waals surface area contributed by atoms with Gasteiger partial charge in [-0.15, -0.1) is 11.3 Å². The zero-order valence-electron chi connectivity index (χ0n) is 5.27. The molecule has 2 nitrogen and oxygen atoms in total. The van der Waals surface area contributed by atoms with Crippen molar-refractivity contribution in [1.82, 2.24) is 4.98 Å². The summed E-state index contributed by atoms with van der Waals surface area (Å²) in [6, 6.07) is 0.194. The lowest BCUT2D eigenvalue weighted by Gasteiger charge is -1.95. The summed E-state index contributed by atoms with van der Waals surface area (Å²) in [4.78, 5) is 8.34. The van der Waals surface area contributed by atoms with E-state index in [4.69, 9.17) is 0 Å². The summed E-state index contributed by atoms with van der Waals surface area (Å²) in [5.74, 6) is 0. The first kappa shape index (κ1) is 5.80. The highest BCUT2D eigenvalue weighted by Crippen LogP contribution is 2.22. The van der Waals surface area contributed by atoms with Crippen LogP contribution in [0.25, 0.3) is 0 Å². The van der Waals surface area contributed by atoms with Crippen molar-refractivity contribution in [2.75, 3.05) is 0 Å². The standard InChI is InChI=1S/C7H6N2S/c1-2-6(8-3-1)7-9-4-5-10-7/h1-6H. The van der Waals surface area contributed by atoms with Gasteiger partial charge in [-0.3, -0.25) is 4.99 Å². The lowest BCUT2D eigenvalue weighted by Crippen LogP contribution is -1.84. The van der Waals surface area contributed by atoms with E-state index in [1.807, 2.05) is 29.9 Å². The number of aliphatic imine (C=N–C) groups is 1. The van der Waals surface area contributed by atoms with Crippen LogP contribution >= 0.6 is 11.3 Å². The molecular weight excluding hydrogens is 144 g/mol. The lowest BCUT2D eigenvalue weighted by atomic mass is 10.3. The average molecular weight is 150 g/mol. The molecule has 0 aliphatic carbocycles. The molecule has 1 atom stereocenters. The molecule has 10 heavy (non-hydrogen) atoms. The van der Waals surface area contributed by atoms with E-state index in [9.17, 15) is 0 Å². The zero-order chi connectivity index (χ0) is 6.81. The topological polar surface area (TPSA) is 25.2 Å². The number of thiazole rings is 1. The number of nitrogens with zero attached hydrogens (tertiary/aromatic N) is 2. The zero-order valence-corrected chi connectivity index (χ0v) is 6.08. The van der Waals surface area contributed by atoms with Gasteiger partial charge in [-0.1, -0.05) is 6.08 Å². The Morgan fingerprint density at radius 1 is 1.50 bits per heavy atom. The van der Waals surface area contributed by atoms with Gasteiger partial charge in [-0.05, 0) is 6.08 Å². The number of aromatic nitrogens is 1. The van der Waals surface area contributed by atoms with Gasteiger partial charge in [0.25, 0.3) is 0 Å². The molecule has 0 spiro atoms. The fraction of sp³-hybridized carbons (Fsp3) is 0.143. The molecule has 1 aromatic heterocycles. The van der Waals surface area contributed by atoms with E-state index in [0.717, 1.165) is 5.01 Å². The molecule has 0 bridgehead atoms. The van der Waals surface area contributed by atoms with Crippen molar-refractivity contribution in [1.29, 1.82) is 0 Å². The Kier molecular flexibility index (Phi) is 1.36. The van der Waals surface area contributed by atoms with Gasteiger partial charge in [0, 0.05) is 17.8 Å². The molecule has 0 radical (unpaired) electrons. The van der Waals surface area contributed by atoms with Crippen molar-refractivity contribution in [2.24, 2.45) is 4.99 Å². The smallest absolute Gasteiger partial charge is 0.121 e. The fourth-order valence-corrected chi connectivity index (χ4v) is 1.54. The summed E-state index contributed by atoms with van der Waals surface area (Å²) in [6.07, 6.45) is 7.61. The summed E-state index contributed by atoms with van der Waals surface area (Å²) < 4.78 is 0. The lowest BCUT2D eigenvalue weighted by molar-refractivity contribution is 0.917. The van der Waals surface area contributed by atoms with Crippen LogP contribution in [0.15, 0.2) is 28.7 Å². The SMILES string of the molecule is C1=CC(c2nccs2)N=C1. The molecule has 1 aromatic rings. The molecule has 1 aliphatic heterocycles. The third-order valence-electron chi connectivity index (χ3n) is 1.33.